The molecule has 1 atom stereocenters. The Balaban J connectivity index is 2.16. The van der Waals surface area contributed by atoms with Crippen LogP contribution in [0.5, 0.6) is 0 Å². The summed E-state index contributed by atoms with van der Waals surface area (Å²) in [5.74, 6) is 1.97. The lowest BCUT2D eigenvalue weighted by atomic mass is 9.96. The van der Waals surface area contributed by atoms with Crippen molar-refractivity contribution in [1.82, 2.24) is 9.97 Å². The van der Waals surface area contributed by atoms with Crippen LogP contribution in [0.2, 0.25) is 0 Å². The molecule has 0 aliphatic carbocycles. The van der Waals surface area contributed by atoms with Gasteiger partial charge in [0.25, 0.3) is 0 Å². The van der Waals surface area contributed by atoms with Gasteiger partial charge in [-0.15, -0.1) is 0 Å². The van der Waals surface area contributed by atoms with Crippen molar-refractivity contribution in [2.45, 2.75) is 39.2 Å². The molecule has 1 aliphatic heterocycles. The Hall–Kier alpha value is -2.10. The topological polar surface area (TPSA) is 41.1 Å². The molecule has 0 radical (unpaired) electrons. The van der Waals surface area contributed by atoms with Crippen LogP contribution in [0.25, 0.3) is 0 Å². The normalized spacial score (nSPS) is 17.5. The number of anilines is 3. The standard InChI is InChI=1S/C17H22N4/c1-4-14-16(18-3)19-11-20-17(14)21-12(2)9-10-13-7-5-6-8-15(13)21/h5-8,11-12H,4,9-10H2,1-3H3,(H,18,19,20). The molecule has 0 saturated carbocycles. The van der Waals surface area contributed by atoms with Crippen LogP contribution in [0.4, 0.5) is 17.3 Å². The number of nitrogens with one attached hydrogen (secondary N) is 1. The van der Waals surface area contributed by atoms with Crippen molar-refractivity contribution in [3.05, 3.63) is 41.7 Å². The van der Waals surface area contributed by atoms with Gasteiger partial charge in [-0.3, -0.25) is 0 Å². The van der Waals surface area contributed by atoms with Gasteiger partial charge in [0.1, 0.15) is 18.0 Å². The van der Waals surface area contributed by atoms with E-state index in [2.05, 4.69) is 58.3 Å². The zero-order valence-electron chi connectivity index (χ0n) is 12.9. The van der Waals surface area contributed by atoms with E-state index in [9.17, 15) is 0 Å². The zero-order valence-corrected chi connectivity index (χ0v) is 12.9. The number of aryl methyl sites for hydroxylation is 1. The molecule has 1 aromatic heterocycles. The molecule has 21 heavy (non-hydrogen) atoms. The average Bonchev–Trinajstić information content (AvgIpc) is 2.54. The number of hydrogen-bond acceptors (Lipinski definition) is 4. The minimum atomic E-state index is 0.449. The minimum absolute atomic E-state index is 0.449. The van der Waals surface area contributed by atoms with E-state index in [1.165, 1.54) is 16.8 Å². The summed E-state index contributed by atoms with van der Waals surface area (Å²) in [5, 5.41) is 3.19. The van der Waals surface area contributed by atoms with Gasteiger partial charge in [0.15, 0.2) is 0 Å². The molecule has 0 amide bonds. The van der Waals surface area contributed by atoms with Crippen LogP contribution in [0.3, 0.4) is 0 Å². The van der Waals surface area contributed by atoms with E-state index >= 15 is 0 Å². The van der Waals surface area contributed by atoms with Crippen LogP contribution in [0.1, 0.15) is 31.4 Å². The van der Waals surface area contributed by atoms with Gasteiger partial charge in [-0.25, -0.2) is 9.97 Å². The fourth-order valence-corrected chi connectivity index (χ4v) is 3.16. The highest BCUT2D eigenvalue weighted by Crippen LogP contribution is 2.38. The molecule has 1 aromatic carbocycles. The van der Waals surface area contributed by atoms with Crippen molar-refractivity contribution >= 4 is 17.3 Å². The van der Waals surface area contributed by atoms with Crippen molar-refractivity contribution < 1.29 is 0 Å². The van der Waals surface area contributed by atoms with E-state index in [4.69, 9.17) is 0 Å². The number of hydrogen-bond donors (Lipinski definition) is 1. The number of rotatable bonds is 3. The highest BCUT2D eigenvalue weighted by atomic mass is 15.2. The fourth-order valence-electron chi connectivity index (χ4n) is 3.16. The summed E-state index contributed by atoms with van der Waals surface area (Å²) in [6.07, 6.45) is 4.86. The van der Waals surface area contributed by atoms with E-state index in [0.29, 0.717) is 6.04 Å². The number of fused-ring (bicyclic) bond motifs is 1. The highest BCUT2D eigenvalue weighted by Gasteiger charge is 2.27. The van der Waals surface area contributed by atoms with E-state index in [-0.39, 0.29) is 0 Å². The molecule has 110 valence electrons. The van der Waals surface area contributed by atoms with E-state index in [1.807, 2.05) is 7.05 Å². The predicted molar refractivity (Wildman–Crippen MR) is 87.3 cm³/mol. The highest BCUT2D eigenvalue weighted by molar-refractivity contribution is 5.71. The summed E-state index contributed by atoms with van der Waals surface area (Å²) in [6.45, 7) is 4.43. The summed E-state index contributed by atoms with van der Waals surface area (Å²) in [4.78, 5) is 11.3. The molecule has 3 rings (SSSR count). The maximum Gasteiger partial charge on any atom is 0.141 e. The smallest absolute Gasteiger partial charge is 0.141 e. The van der Waals surface area contributed by atoms with Crippen LogP contribution in [-0.4, -0.2) is 23.1 Å². The third kappa shape index (κ3) is 2.35. The quantitative estimate of drug-likeness (QED) is 0.934. The Morgan fingerprint density at radius 1 is 1.29 bits per heavy atom. The first-order valence-corrected chi connectivity index (χ1v) is 7.65. The predicted octanol–water partition coefficient (Wildman–Crippen LogP) is 3.55. The van der Waals surface area contributed by atoms with E-state index < -0.39 is 0 Å². The van der Waals surface area contributed by atoms with Crippen molar-refractivity contribution in [1.29, 1.82) is 0 Å². The van der Waals surface area contributed by atoms with Crippen LogP contribution < -0.4 is 10.2 Å². The lowest BCUT2D eigenvalue weighted by Crippen LogP contribution is -2.34. The number of nitrogens with zero attached hydrogens (tertiary/aromatic N) is 3. The molecule has 1 aliphatic rings. The second-order valence-corrected chi connectivity index (χ2v) is 5.51. The van der Waals surface area contributed by atoms with Gasteiger partial charge in [0, 0.05) is 24.3 Å². The van der Waals surface area contributed by atoms with Crippen LogP contribution in [0, 0.1) is 0 Å². The zero-order chi connectivity index (χ0) is 14.8. The van der Waals surface area contributed by atoms with Gasteiger partial charge in [-0.1, -0.05) is 25.1 Å². The molecule has 0 fully saturated rings. The van der Waals surface area contributed by atoms with Gasteiger partial charge >= 0.3 is 0 Å². The maximum atomic E-state index is 4.61. The fraction of sp³-hybridized carbons (Fsp3) is 0.412. The SMILES string of the molecule is CCc1c(NC)ncnc1N1c2ccccc2CCC1C. The second kappa shape index (κ2) is 5.72. The molecule has 0 spiro atoms. The van der Waals surface area contributed by atoms with Crippen LogP contribution >= 0.6 is 0 Å². The molecule has 0 bridgehead atoms. The Morgan fingerprint density at radius 3 is 2.86 bits per heavy atom. The summed E-state index contributed by atoms with van der Waals surface area (Å²) < 4.78 is 0. The lowest BCUT2D eigenvalue weighted by molar-refractivity contribution is 0.611. The summed E-state index contributed by atoms with van der Waals surface area (Å²) in [7, 11) is 1.92. The average molecular weight is 282 g/mol. The van der Waals surface area contributed by atoms with Crippen molar-refractivity contribution in [2.24, 2.45) is 0 Å². The van der Waals surface area contributed by atoms with Gasteiger partial charge in [-0.05, 0) is 37.8 Å². The third-order valence-electron chi connectivity index (χ3n) is 4.26. The van der Waals surface area contributed by atoms with Gasteiger partial charge in [0.2, 0.25) is 0 Å². The molecular formula is C17H22N4. The van der Waals surface area contributed by atoms with Gasteiger partial charge < -0.3 is 10.2 Å². The summed E-state index contributed by atoms with van der Waals surface area (Å²) in [5.41, 5.74) is 3.87. The first-order valence-electron chi connectivity index (χ1n) is 7.65. The molecule has 0 saturated heterocycles. The van der Waals surface area contributed by atoms with Crippen molar-refractivity contribution in [3.63, 3.8) is 0 Å². The van der Waals surface area contributed by atoms with Crippen molar-refractivity contribution in [3.8, 4) is 0 Å². The Labute approximate surface area is 126 Å². The lowest BCUT2D eigenvalue weighted by Gasteiger charge is -2.37. The minimum Gasteiger partial charge on any atom is -0.373 e. The van der Waals surface area contributed by atoms with Crippen LogP contribution in [0.15, 0.2) is 30.6 Å². The first kappa shape index (κ1) is 13.9. The van der Waals surface area contributed by atoms with E-state index in [0.717, 1.165) is 30.9 Å². The monoisotopic (exact) mass is 282 g/mol. The van der Waals surface area contributed by atoms with Gasteiger partial charge in [0.05, 0.1) is 0 Å². The maximum absolute atomic E-state index is 4.61. The van der Waals surface area contributed by atoms with Crippen molar-refractivity contribution in [2.75, 3.05) is 17.3 Å². The van der Waals surface area contributed by atoms with E-state index in [1.54, 1.807) is 6.33 Å². The Morgan fingerprint density at radius 2 is 2.10 bits per heavy atom. The molecular weight excluding hydrogens is 260 g/mol. The number of aromatic nitrogens is 2. The number of para-hydroxylation sites is 1. The third-order valence-corrected chi connectivity index (χ3v) is 4.26. The molecule has 1 N–H and O–H groups in total. The molecule has 2 aromatic rings. The summed E-state index contributed by atoms with van der Waals surface area (Å²) in [6, 6.07) is 9.10. The first-order chi connectivity index (χ1) is 10.3. The van der Waals surface area contributed by atoms with Gasteiger partial charge in [-0.2, -0.15) is 0 Å². The second-order valence-electron chi connectivity index (χ2n) is 5.51. The Kier molecular flexibility index (Phi) is 3.78. The number of benzene rings is 1. The molecule has 4 nitrogen and oxygen atoms in total. The molecule has 2 heterocycles. The Bertz CT molecular complexity index is 638. The molecule has 1 unspecified atom stereocenters. The summed E-state index contributed by atoms with van der Waals surface area (Å²) >= 11 is 0. The van der Waals surface area contributed by atoms with Crippen LogP contribution in [-0.2, 0) is 12.8 Å². The molecule has 4 heteroatoms. The largest absolute Gasteiger partial charge is 0.373 e.